The second-order valence-corrected chi connectivity index (χ2v) is 4.17. The van der Waals surface area contributed by atoms with Crippen LogP contribution in [0, 0.1) is 6.92 Å². The molecule has 0 unspecified atom stereocenters. The summed E-state index contributed by atoms with van der Waals surface area (Å²) >= 11 is 0. The number of carbonyl (C=O) groups is 1. The standard InChI is InChI=1S/C13H20N2O2/c1-10-6-5-7-11(8-14-2)13(10)17-9-12(16)15(3)4/h5-7,14H,8-9H2,1-4H3. The highest BCUT2D eigenvalue weighted by Gasteiger charge is 2.10. The molecule has 1 N–H and O–H groups in total. The number of benzene rings is 1. The van der Waals surface area contributed by atoms with E-state index in [4.69, 9.17) is 4.74 Å². The molecular weight excluding hydrogens is 216 g/mol. The number of nitrogens with zero attached hydrogens (tertiary/aromatic N) is 1. The first kappa shape index (κ1) is 13.5. The Hall–Kier alpha value is -1.55. The minimum Gasteiger partial charge on any atom is -0.483 e. The first-order valence-electron chi connectivity index (χ1n) is 5.62. The van der Waals surface area contributed by atoms with Crippen LogP contribution in [0.1, 0.15) is 11.1 Å². The Kier molecular flexibility index (Phi) is 4.97. The number of hydrogen-bond donors (Lipinski definition) is 1. The van der Waals surface area contributed by atoms with Crippen molar-refractivity contribution in [3.63, 3.8) is 0 Å². The van der Waals surface area contributed by atoms with Crippen LogP contribution in [0.5, 0.6) is 5.75 Å². The third kappa shape index (κ3) is 3.75. The van der Waals surface area contributed by atoms with E-state index in [1.807, 2.05) is 32.2 Å². The smallest absolute Gasteiger partial charge is 0.259 e. The zero-order valence-corrected chi connectivity index (χ0v) is 10.9. The second kappa shape index (κ2) is 6.25. The second-order valence-electron chi connectivity index (χ2n) is 4.17. The summed E-state index contributed by atoms with van der Waals surface area (Å²) in [4.78, 5) is 13.0. The number of para-hydroxylation sites is 1. The normalized spacial score (nSPS) is 10.1. The van der Waals surface area contributed by atoms with Crippen molar-refractivity contribution in [2.45, 2.75) is 13.5 Å². The van der Waals surface area contributed by atoms with Gasteiger partial charge in [0, 0.05) is 26.2 Å². The lowest BCUT2D eigenvalue weighted by Crippen LogP contribution is -2.28. The van der Waals surface area contributed by atoms with E-state index in [1.54, 1.807) is 14.1 Å². The molecule has 0 atom stereocenters. The van der Waals surface area contributed by atoms with Gasteiger partial charge in [-0.2, -0.15) is 0 Å². The van der Waals surface area contributed by atoms with E-state index < -0.39 is 0 Å². The van der Waals surface area contributed by atoms with Crippen LogP contribution >= 0.6 is 0 Å². The minimum absolute atomic E-state index is 0.0383. The Labute approximate surface area is 103 Å². The average Bonchev–Trinajstić information content (AvgIpc) is 2.28. The lowest BCUT2D eigenvalue weighted by atomic mass is 10.1. The summed E-state index contributed by atoms with van der Waals surface area (Å²) in [5.74, 6) is 0.765. The van der Waals surface area contributed by atoms with Gasteiger partial charge in [-0.3, -0.25) is 4.79 Å². The van der Waals surface area contributed by atoms with Crippen LogP contribution in [0.4, 0.5) is 0 Å². The van der Waals surface area contributed by atoms with Crippen LogP contribution < -0.4 is 10.1 Å². The maximum atomic E-state index is 11.5. The van der Waals surface area contributed by atoms with Crippen molar-refractivity contribution in [3.8, 4) is 5.75 Å². The van der Waals surface area contributed by atoms with Crippen molar-refractivity contribution in [1.82, 2.24) is 10.2 Å². The van der Waals surface area contributed by atoms with E-state index in [0.29, 0.717) is 0 Å². The molecule has 17 heavy (non-hydrogen) atoms. The molecule has 4 heteroatoms. The van der Waals surface area contributed by atoms with Crippen LogP contribution in [-0.4, -0.2) is 38.6 Å². The monoisotopic (exact) mass is 236 g/mol. The van der Waals surface area contributed by atoms with Crippen molar-refractivity contribution in [1.29, 1.82) is 0 Å². The summed E-state index contributed by atoms with van der Waals surface area (Å²) in [6, 6.07) is 5.97. The summed E-state index contributed by atoms with van der Waals surface area (Å²) in [6.07, 6.45) is 0. The van der Waals surface area contributed by atoms with Crippen molar-refractivity contribution in [3.05, 3.63) is 29.3 Å². The topological polar surface area (TPSA) is 41.6 Å². The Morgan fingerprint density at radius 3 is 2.71 bits per heavy atom. The van der Waals surface area contributed by atoms with Crippen molar-refractivity contribution in [2.24, 2.45) is 0 Å². The van der Waals surface area contributed by atoms with Gasteiger partial charge in [-0.15, -0.1) is 0 Å². The van der Waals surface area contributed by atoms with Crippen LogP contribution in [-0.2, 0) is 11.3 Å². The number of rotatable bonds is 5. The molecule has 0 spiro atoms. The highest BCUT2D eigenvalue weighted by Crippen LogP contribution is 2.23. The summed E-state index contributed by atoms with van der Waals surface area (Å²) in [5.41, 5.74) is 2.11. The van der Waals surface area contributed by atoms with Crippen molar-refractivity contribution in [2.75, 3.05) is 27.7 Å². The Morgan fingerprint density at radius 1 is 1.41 bits per heavy atom. The fraction of sp³-hybridized carbons (Fsp3) is 0.462. The molecule has 1 amide bonds. The number of carbonyl (C=O) groups excluding carboxylic acids is 1. The van der Waals surface area contributed by atoms with Crippen molar-refractivity contribution >= 4 is 5.91 Å². The predicted molar refractivity (Wildman–Crippen MR) is 68.1 cm³/mol. The fourth-order valence-corrected chi connectivity index (χ4v) is 1.51. The molecule has 94 valence electrons. The molecule has 0 saturated carbocycles. The molecule has 4 nitrogen and oxygen atoms in total. The molecule has 0 bridgehead atoms. The number of amides is 1. The van der Waals surface area contributed by atoms with Crippen LogP contribution in [0.2, 0.25) is 0 Å². The Balaban J connectivity index is 2.78. The number of nitrogens with one attached hydrogen (secondary N) is 1. The summed E-state index contributed by atoms with van der Waals surface area (Å²) < 4.78 is 5.61. The number of hydrogen-bond acceptors (Lipinski definition) is 3. The molecule has 0 heterocycles. The van der Waals surface area contributed by atoms with Crippen LogP contribution in [0.15, 0.2) is 18.2 Å². The Morgan fingerprint density at radius 2 is 2.12 bits per heavy atom. The molecule has 0 aliphatic rings. The quantitative estimate of drug-likeness (QED) is 0.834. The molecule has 0 fully saturated rings. The van der Waals surface area contributed by atoms with E-state index in [2.05, 4.69) is 5.32 Å². The van der Waals surface area contributed by atoms with Gasteiger partial charge >= 0.3 is 0 Å². The molecule has 0 aliphatic carbocycles. The highest BCUT2D eigenvalue weighted by molar-refractivity contribution is 5.77. The third-order valence-corrected chi connectivity index (χ3v) is 2.50. The number of likely N-dealkylation sites (N-methyl/N-ethyl adjacent to an activating group) is 1. The average molecular weight is 236 g/mol. The molecule has 0 radical (unpaired) electrons. The lowest BCUT2D eigenvalue weighted by Gasteiger charge is -2.15. The largest absolute Gasteiger partial charge is 0.483 e. The predicted octanol–water partition coefficient (Wildman–Crippen LogP) is 1.18. The summed E-state index contributed by atoms with van der Waals surface area (Å²) in [6.45, 7) is 2.79. The van der Waals surface area contributed by atoms with Crippen LogP contribution in [0.25, 0.3) is 0 Å². The number of aryl methyl sites for hydroxylation is 1. The van der Waals surface area contributed by atoms with Gasteiger partial charge in [0.2, 0.25) is 0 Å². The molecule has 1 aromatic carbocycles. The Bertz CT molecular complexity index is 389. The van der Waals surface area contributed by atoms with Gasteiger partial charge in [0.05, 0.1) is 0 Å². The van der Waals surface area contributed by atoms with Crippen molar-refractivity contribution < 1.29 is 9.53 Å². The SMILES string of the molecule is CNCc1cccc(C)c1OCC(=O)N(C)C. The maximum Gasteiger partial charge on any atom is 0.259 e. The molecule has 0 saturated heterocycles. The zero-order valence-electron chi connectivity index (χ0n) is 10.9. The molecular formula is C13H20N2O2. The molecule has 1 aromatic rings. The molecule has 0 aliphatic heterocycles. The van der Waals surface area contributed by atoms with Crippen LogP contribution in [0.3, 0.4) is 0 Å². The lowest BCUT2D eigenvalue weighted by molar-refractivity contribution is -0.130. The van der Waals surface area contributed by atoms with Gasteiger partial charge in [-0.1, -0.05) is 18.2 Å². The van der Waals surface area contributed by atoms with E-state index in [-0.39, 0.29) is 12.5 Å². The van der Waals surface area contributed by atoms with Gasteiger partial charge in [0.1, 0.15) is 5.75 Å². The van der Waals surface area contributed by atoms with Gasteiger partial charge in [0.15, 0.2) is 6.61 Å². The maximum absolute atomic E-state index is 11.5. The van der Waals surface area contributed by atoms with Gasteiger partial charge in [-0.05, 0) is 19.5 Å². The van der Waals surface area contributed by atoms with Gasteiger partial charge in [-0.25, -0.2) is 0 Å². The molecule has 1 rings (SSSR count). The zero-order chi connectivity index (χ0) is 12.8. The van der Waals surface area contributed by atoms with E-state index in [9.17, 15) is 4.79 Å². The first-order valence-corrected chi connectivity index (χ1v) is 5.62. The first-order chi connectivity index (χ1) is 8.06. The summed E-state index contributed by atoms with van der Waals surface area (Å²) in [7, 11) is 5.33. The third-order valence-electron chi connectivity index (χ3n) is 2.50. The fourth-order valence-electron chi connectivity index (χ4n) is 1.51. The van der Waals surface area contributed by atoms with E-state index in [1.165, 1.54) is 4.90 Å². The van der Waals surface area contributed by atoms with Gasteiger partial charge < -0.3 is 15.0 Å². The minimum atomic E-state index is -0.0383. The van der Waals surface area contributed by atoms with E-state index in [0.717, 1.165) is 23.4 Å². The number of ether oxygens (including phenoxy) is 1. The highest BCUT2D eigenvalue weighted by atomic mass is 16.5. The summed E-state index contributed by atoms with van der Waals surface area (Å²) in [5, 5.41) is 3.09. The van der Waals surface area contributed by atoms with E-state index >= 15 is 0 Å². The van der Waals surface area contributed by atoms with Gasteiger partial charge in [0.25, 0.3) is 5.91 Å². The molecule has 0 aromatic heterocycles.